The number of amides is 1. The van der Waals surface area contributed by atoms with Crippen molar-refractivity contribution < 1.29 is 18.7 Å². The van der Waals surface area contributed by atoms with Gasteiger partial charge in [0.05, 0.1) is 5.56 Å². The third-order valence-electron chi connectivity index (χ3n) is 2.65. The fraction of sp³-hybridized carbons (Fsp3) is 0.0714. The second-order valence-electron chi connectivity index (χ2n) is 4.08. The number of halogens is 2. The van der Waals surface area contributed by atoms with Crippen molar-refractivity contribution in [3.63, 3.8) is 0 Å². The second kappa shape index (κ2) is 5.06. The van der Waals surface area contributed by atoms with Crippen LogP contribution >= 0.6 is 0 Å². The summed E-state index contributed by atoms with van der Waals surface area (Å²) in [5, 5.41) is 11.5. The first-order chi connectivity index (χ1) is 8.97. The molecule has 5 heteroatoms. The molecule has 0 aliphatic rings. The minimum absolute atomic E-state index is 0.221. The van der Waals surface area contributed by atoms with E-state index < -0.39 is 17.5 Å². The summed E-state index contributed by atoms with van der Waals surface area (Å²) >= 11 is 0. The smallest absolute Gasteiger partial charge is 0.258 e. The third kappa shape index (κ3) is 2.88. The lowest BCUT2D eigenvalue weighted by atomic mass is 10.1. The van der Waals surface area contributed by atoms with E-state index in [9.17, 15) is 13.6 Å². The second-order valence-corrected chi connectivity index (χ2v) is 4.08. The molecule has 2 rings (SSSR count). The van der Waals surface area contributed by atoms with Crippen molar-refractivity contribution in [3.05, 3.63) is 59.2 Å². The molecular weight excluding hydrogens is 252 g/mol. The van der Waals surface area contributed by atoms with Crippen molar-refractivity contribution in [1.29, 1.82) is 0 Å². The number of nitrogens with one attached hydrogen (secondary N) is 1. The van der Waals surface area contributed by atoms with Crippen LogP contribution in [-0.4, -0.2) is 11.0 Å². The van der Waals surface area contributed by atoms with Crippen LogP contribution in [0.4, 0.5) is 14.5 Å². The van der Waals surface area contributed by atoms with Crippen LogP contribution in [-0.2, 0) is 0 Å². The van der Waals surface area contributed by atoms with Gasteiger partial charge in [-0.15, -0.1) is 0 Å². The first-order valence-electron chi connectivity index (χ1n) is 5.53. The Morgan fingerprint density at radius 2 is 1.89 bits per heavy atom. The molecule has 0 aliphatic carbocycles. The van der Waals surface area contributed by atoms with Gasteiger partial charge in [0, 0.05) is 11.8 Å². The molecule has 0 spiro atoms. The van der Waals surface area contributed by atoms with Crippen LogP contribution < -0.4 is 5.32 Å². The minimum atomic E-state index is -0.841. The number of phenolic OH excluding ortho intramolecular Hbond substituents is 1. The van der Waals surface area contributed by atoms with Crippen LogP contribution in [0.15, 0.2) is 36.4 Å². The maximum absolute atomic E-state index is 13.5. The van der Waals surface area contributed by atoms with Crippen LogP contribution in [0.5, 0.6) is 5.75 Å². The van der Waals surface area contributed by atoms with Crippen molar-refractivity contribution in [2.24, 2.45) is 0 Å². The number of phenols is 1. The van der Waals surface area contributed by atoms with Crippen LogP contribution in [0.1, 0.15) is 15.9 Å². The summed E-state index contributed by atoms with van der Waals surface area (Å²) in [4.78, 5) is 11.9. The SMILES string of the molecule is Cc1ccc(F)cc1NC(=O)c1ccc(O)cc1F. The fourth-order valence-electron chi connectivity index (χ4n) is 1.61. The summed E-state index contributed by atoms with van der Waals surface area (Å²) in [5.74, 6) is -2.30. The van der Waals surface area contributed by atoms with Gasteiger partial charge in [0.25, 0.3) is 5.91 Å². The Labute approximate surface area is 108 Å². The van der Waals surface area contributed by atoms with Crippen LogP contribution in [0, 0.1) is 18.6 Å². The molecule has 0 bridgehead atoms. The number of carbonyl (C=O) groups excluding carboxylic acids is 1. The highest BCUT2D eigenvalue weighted by Gasteiger charge is 2.13. The lowest BCUT2D eigenvalue weighted by molar-refractivity contribution is 0.102. The third-order valence-corrected chi connectivity index (χ3v) is 2.65. The van der Waals surface area contributed by atoms with Gasteiger partial charge >= 0.3 is 0 Å². The van der Waals surface area contributed by atoms with E-state index in [-0.39, 0.29) is 17.0 Å². The average molecular weight is 263 g/mol. The molecule has 2 aromatic carbocycles. The predicted molar refractivity (Wildman–Crippen MR) is 67.2 cm³/mol. The summed E-state index contributed by atoms with van der Waals surface area (Å²) in [6.45, 7) is 1.70. The highest BCUT2D eigenvalue weighted by atomic mass is 19.1. The first kappa shape index (κ1) is 13.0. The van der Waals surface area contributed by atoms with Gasteiger partial charge in [-0.3, -0.25) is 4.79 Å². The normalized spacial score (nSPS) is 10.3. The first-order valence-corrected chi connectivity index (χ1v) is 5.53. The standard InChI is InChI=1S/C14H11F2NO2/c1-8-2-3-9(15)6-13(8)17-14(19)11-5-4-10(18)7-12(11)16/h2-7,18H,1H3,(H,17,19). The molecule has 19 heavy (non-hydrogen) atoms. The lowest BCUT2D eigenvalue weighted by Crippen LogP contribution is -2.14. The van der Waals surface area contributed by atoms with Gasteiger partial charge in [0.2, 0.25) is 0 Å². The summed E-state index contributed by atoms with van der Waals surface area (Å²) in [6.07, 6.45) is 0. The van der Waals surface area contributed by atoms with Gasteiger partial charge < -0.3 is 10.4 Å². The summed E-state index contributed by atoms with van der Waals surface area (Å²) in [7, 11) is 0. The molecular formula is C14H11F2NO2. The number of anilines is 1. The van der Waals surface area contributed by atoms with Gasteiger partial charge in [-0.05, 0) is 36.8 Å². The highest BCUT2D eigenvalue weighted by molar-refractivity contribution is 6.04. The Bertz CT molecular complexity index is 641. The maximum Gasteiger partial charge on any atom is 0.258 e. The molecule has 0 radical (unpaired) electrons. The average Bonchev–Trinajstić information content (AvgIpc) is 2.33. The van der Waals surface area contributed by atoms with E-state index in [2.05, 4.69) is 5.32 Å². The summed E-state index contributed by atoms with van der Waals surface area (Å²) < 4.78 is 26.6. The van der Waals surface area contributed by atoms with Gasteiger partial charge in [-0.25, -0.2) is 8.78 Å². The van der Waals surface area contributed by atoms with E-state index in [1.165, 1.54) is 18.2 Å². The Balaban J connectivity index is 2.28. The number of hydrogen-bond acceptors (Lipinski definition) is 2. The fourth-order valence-corrected chi connectivity index (χ4v) is 1.61. The molecule has 3 nitrogen and oxygen atoms in total. The molecule has 2 N–H and O–H groups in total. The molecule has 98 valence electrons. The summed E-state index contributed by atoms with van der Waals surface area (Å²) in [5.41, 5.74) is 0.716. The molecule has 0 atom stereocenters. The zero-order valence-electron chi connectivity index (χ0n) is 10.1. The number of rotatable bonds is 2. The lowest BCUT2D eigenvalue weighted by Gasteiger charge is -2.09. The molecule has 2 aromatic rings. The molecule has 0 saturated heterocycles. The Morgan fingerprint density at radius 3 is 2.58 bits per heavy atom. The summed E-state index contributed by atoms with van der Waals surface area (Å²) in [6, 6.07) is 7.15. The van der Waals surface area contributed by atoms with E-state index in [1.807, 2.05) is 0 Å². The topological polar surface area (TPSA) is 49.3 Å². The van der Waals surface area contributed by atoms with E-state index in [0.29, 0.717) is 5.56 Å². The Kier molecular flexibility index (Phi) is 3.46. The number of carbonyl (C=O) groups is 1. The maximum atomic E-state index is 13.5. The molecule has 0 aliphatic heterocycles. The predicted octanol–water partition coefficient (Wildman–Crippen LogP) is 3.23. The minimum Gasteiger partial charge on any atom is -0.508 e. The molecule has 0 heterocycles. The monoisotopic (exact) mass is 263 g/mol. The number of hydrogen-bond donors (Lipinski definition) is 2. The molecule has 0 fully saturated rings. The van der Waals surface area contributed by atoms with Gasteiger partial charge in [0.15, 0.2) is 0 Å². The van der Waals surface area contributed by atoms with Crippen molar-refractivity contribution >= 4 is 11.6 Å². The van der Waals surface area contributed by atoms with Crippen molar-refractivity contribution in [3.8, 4) is 5.75 Å². The van der Waals surface area contributed by atoms with Gasteiger partial charge in [-0.1, -0.05) is 6.07 Å². The number of aryl methyl sites for hydroxylation is 1. The number of aromatic hydroxyl groups is 1. The van der Waals surface area contributed by atoms with Crippen molar-refractivity contribution in [1.82, 2.24) is 0 Å². The van der Waals surface area contributed by atoms with Crippen LogP contribution in [0.25, 0.3) is 0 Å². The van der Waals surface area contributed by atoms with Crippen molar-refractivity contribution in [2.45, 2.75) is 6.92 Å². The zero-order chi connectivity index (χ0) is 14.0. The van der Waals surface area contributed by atoms with Crippen LogP contribution in [0.3, 0.4) is 0 Å². The van der Waals surface area contributed by atoms with Crippen LogP contribution in [0.2, 0.25) is 0 Å². The zero-order valence-corrected chi connectivity index (χ0v) is 10.1. The van der Waals surface area contributed by atoms with E-state index in [4.69, 9.17) is 5.11 Å². The van der Waals surface area contributed by atoms with Gasteiger partial charge in [-0.2, -0.15) is 0 Å². The van der Waals surface area contributed by atoms with E-state index >= 15 is 0 Å². The largest absolute Gasteiger partial charge is 0.508 e. The quantitative estimate of drug-likeness (QED) is 0.873. The van der Waals surface area contributed by atoms with Gasteiger partial charge in [0.1, 0.15) is 17.4 Å². The molecule has 1 amide bonds. The van der Waals surface area contributed by atoms with Crippen molar-refractivity contribution in [2.75, 3.05) is 5.32 Å². The molecule has 0 saturated carbocycles. The highest BCUT2D eigenvalue weighted by Crippen LogP contribution is 2.19. The molecule has 0 unspecified atom stereocenters. The molecule has 0 aromatic heterocycles. The van der Waals surface area contributed by atoms with E-state index in [0.717, 1.165) is 18.2 Å². The Hall–Kier alpha value is -2.43. The Morgan fingerprint density at radius 1 is 1.16 bits per heavy atom. The number of benzene rings is 2. The van der Waals surface area contributed by atoms with E-state index in [1.54, 1.807) is 6.92 Å².